The van der Waals surface area contributed by atoms with Crippen LogP contribution in [0.25, 0.3) is 0 Å². The first-order valence-corrected chi connectivity index (χ1v) is 8.96. The minimum Gasteiger partial charge on any atom is -0.352 e. The predicted octanol–water partition coefficient (Wildman–Crippen LogP) is 2.98. The quantitative estimate of drug-likeness (QED) is 0.921. The number of nitrogens with one attached hydrogen (secondary N) is 1. The standard InChI is InChI=1S/C19H25FN2O2/c20-17-9-7-15(8-10-17)18(23)21-12-14-4-3-11-22(13-14)19(24)16-5-1-2-6-16/h7-10,14,16H,1-6,11-13H2,(H,21,23)/t14-/m1/s1. The Labute approximate surface area is 142 Å². The first kappa shape index (κ1) is 16.9. The third-order valence-corrected chi connectivity index (χ3v) is 5.19. The predicted molar refractivity (Wildman–Crippen MR) is 90.0 cm³/mol. The van der Waals surface area contributed by atoms with Crippen molar-refractivity contribution in [2.75, 3.05) is 19.6 Å². The Kier molecular flexibility index (Phi) is 5.48. The van der Waals surface area contributed by atoms with Crippen LogP contribution >= 0.6 is 0 Å². The number of likely N-dealkylation sites (tertiary alicyclic amines) is 1. The lowest BCUT2D eigenvalue weighted by molar-refractivity contribution is -0.137. The molecule has 5 heteroatoms. The number of piperidine rings is 1. The number of halogens is 1. The fourth-order valence-corrected chi connectivity index (χ4v) is 3.80. The highest BCUT2D eigenvalue weighted by molar-refractivity contribution is 5.94. The summed E-state index contributed by atoms with van der Waals surface area (Å²) < 4.78 is 12.9. The van der Waals surface area contributed by atoms with Crippen LogP contribution in [0.4, 0.5) is 4.39 Å². The highest BCUT2D eigenvalue weighted by Crippen LogP contribution is 2.28. The Morgan fingerprint density at radius 3 is 2.50 bits per heavy atom. The molecule has 0 radical (unpaired) electrons. The average molecular weight is 332 g/mol. The van der Waals surface area contributed by atoms with Gasteiger partial charge in [-0.15, -0.1) is 0 Å². The van der Waals surface area contributed by atoms with Gasteiger partial charge in [0, 0.05) is 31.1 Å². The van der Waals surface area contributed by atoms with Crippen molar-refractivity contribution in [1.82, 2.24) is 10.2 Å². The van der Waals surface area contributed by atoms with E-state index in [2.05, 4.69) is 5.32 Å². The molecule has 1 saturated heterocycles. The van der Waals surface area contributed by atoms with Crippen LogP contribution < -0.4 is 5.32 Å². The molecule has 1 aliphatic heterocycles. The maximum absolute atomic E-state index is 12.9. The molecule has 1 aromatic rings. The van der Waals surface area contributed by atoms with E-state index in [0.29, 0.717) is 23.9 Å². The van der Waals surface area contributed by atoms with E-state index in [1.165, 1.54) is 37.1 Å². The summed E-state index contributed by atoms with van der Waals surface area (Å²) in [6.07, 6.45) is 6.42. The number of nitrogens with zero attached hydrogens (tertiary/aromatic N) is 1. The molecule has 4 nitrogen and oxygen atoms in total. The van der Waals surface area contributed by atoms with Gasteiger partial charge in [0.1, 0.15) is 5.82 Å². The van der Waals surface area contributed by atoms with E-state index in [1.807, 2.05) is 4.90 Å². The van der Waals surface area contributed by atoms with Crippen LogP contribution in [0, 0.1) is 17.7 Å². The summed E-state index contributed by atoms with van der Waals surface area (Å²) in [5, 5.41) is 2.92. The first-order chi connectivity index (χ1) is 11.6. The molecule has 1 heterocycles. The van der Waals surface area contributed by atoms with Gasteiger partial charge in [-0.2, -0.15) is 0 Å². The number of benzene rings is 1. The Bertz CT molecular complexity index is 582. The molecule has 2 aliphatic rings. The zero-order chi connectivity index (χ0) is 16.9. The first-order valence-electron chi connectivity index (χ1n) is 8.96. The molecule has 0 unspecified atom stereocenters. The van der Waals surface area contributed by atoms with Gasteiger partial charge >= 0.3 is 0 Å². The van der Waals surface area contributed by atoms with Crippen LogP contribution in [-0.2, 0) is 4.79 Å². The molecule has 0 bridgehead atoms. The molecule has 1 saturated carbocycles. The summed E-state index contributed by atoms with van der Waals surface area (Å²) in [7, 11) is 0. The number of amides is 2. The van der Waals surface area contributed by atoms with E-state index in [9.17, 15) is 14.0 Å². The van der Waals surface area contributed by atoms with Gasteiger partial charge in [0.25, 0.3) is 5.91 Å². The molecule has 1 atom stereocenters. The maximum atomic E-state index is 12.9. The van der Waals surface area contributed by atoms with Gasteiger partial charge in [-0.3, -0.25) is 9.59 Å². The molecule has 1 aliphatic carbocycles. The minimum absolute atomic E-state index is 0.186. The van der Waals surface area contributed by atoms with Crippen molar-refractivity contribution < 1.29 is 14.0 Å². The highest BCUT2D eigenvalue weighted by Gasteiger charge is 2.30. The van der Waals surface area contributed by atoms with E-state index < -0.39 is 0 Å². The molecule has 0 aromatic heterocycles. The fourth-order valence-electron chi connectivity index (χ4n) is 3.80. The normalized spacial score (nSPS) is 21.7. The molecule has 2 fully saturated rings. The van der Waals surface area contributed by atoms with Gasteiger partial charge < -0.3 is 10.2 Å². The zero-order valence-electron chi connectivity index (χ0n) is 14.0. The minimum atomic E-state index is -0.347. The Hall–Kier alpha value is -1.91. The number of hydrogen-bond acceptors (Lipinski definition) is 2. The van der Waals surface area contributed by atoms with E-state index >= 15 is 0 Å². The summed E-state index contributed by atoms with van der Waals surface area (Å²) in [4.78, 5) is 26.6. The smallest absolute Gasteiger partial charge is 0.251 e. The third-order valence-electron chi connectivity index (χ3n) is 5.19. The summed E-state index contributed by atoms with van der Waals surface area (Å²) in [6, 6.07) is 5.55. The van der Waals surface area contributed by atoms with Crippen LogP contribution in [0.5, 0.6) is 0 Å². The van der Waals surface area contributed by atoms with Crippen LogP contribution in [0.15, 0.2) is 24.3 Å². The van der Waals surface area contributed by atoms with Crippen molar-refractivity contribution in [3.05, 3.63) is 35.6 Å². The van der Waals surface area contributed by atoms with Gasteiger partial charge in [-0.25, -0.2) is 4.39 Å². The maximum Gasteiger partial charge on any atom is 0.251 e. The van der Waals surface area contributed by atoms with E-state index in [1.54, 1.807) is 0 Å². The monoisotopic (exact) mass is 332 g/mol. The molecule has 2 amide bonds. The van der Waals surface area contributed by atoms with E-state index in [0.717, 1.165) is 38.8 Å². The molecule has 1 aromatic carbocycles. The Morgan fingerprint density at radius 1 is 1.08 bits per heavy atom. The molecular formula is C19H25FN2O2. The lowest BCUT2D eigenvalue weighted by atomic mass is 9.96. The lowest BCUT2D eigenvalue weighted by Gasteiger charge is -2.34. The van der Waals surface area contributed by atoms with E-state index in [-0.39, 0.29) is 17.6 Å². The van der Waals surface area contributed by atoms with Crippen molar-refractivity contribution in [2.24, 2.45) is 11.8 Å². The number of hydrogen-bond donors (Lipinski definition) is 1. The number of carbonyl (C=O) groups is 2. The molecule has 0 spiro atoms. The zero-order valence-corrected chi connectivity index (χ0v) is 14.0. The van der Waals surface area contributed by atoms with Crippen LogP contribution in [0.2, 0.25) is 0 Å². The second kappa shape index (κ2) is 7.77. The summed E-state index contributed by atoms with van der Waals surface area (Å²) in [6.45, 7) is 2.14. The largest absolute Gasteiger partial charge is 0.352 e. The molecule has 3 rings (SSSR count). The SMILES string of the molecule is O=C(NC[C@H]1CCCN(C(=O)C2CCCC2)C1)c1ccc(F)cc1. The Balaban J connectivity index is 1.49. The summed E-state index contributed by atoms with van der Waals surface area (Å²) in [5.74, 6) is 0.294. The summed E-state index contributed by atoms with van der Waals surface area (Å²) >= 11 is 0. The fraction of sp³-hybridized carbons (Fsp3) is 0.579. The molecule has 24 heavy (non-hydrogen) atoms. The van der Waals surface area contributed by atoms with Crippen molar-refractivity contribution >= 4 is 11.8 Å². The average Bonchev–Trinajstić information content (AvgIpc) is 3.14. The van der Waals surface area contributed by atoms with Gasteiger partial charge in [0.05, 0.1) is 0 Å². The second-order valence-corrected chi connectivity index (χ2v) is 6.99. The second-order valence-electron chi connectivity index (χ2n) is 6.99. The topological polar surface area (TPSA) is 49.4 Å². The van der Waals surface area contributed by atoms with Crippen LogP contribution in [-0.4, -0.2) is 36.3 Å². The number of carbonyl (C=O) groups excluding carboxylic acids is 2. The molecular weight excluding hydrogens is 307 g/mol. The van der Waals surface area contributed by atoms with Crippen LogP contribution in [0.1, 0.15) is 48.9 Å². The molecule has 1 N–H and O–H groups in total. The van der Waals surface area contributed by atoms with Crippen molar-refractivity contribution in [3.8, 4) is 0 Å². The van der Waals surface area contributed by atoms with Crippen molar-refractivity contribution in [3.63, 3.8) is 0 Å². The van der Waals surface area contributed by atoms with Gasteiger partial charge in [0.15, 0.2) is 0 Å². The van der Waals surface area contributed by atoms with Gasteiger partial charge in [0.2, 0.25) is 5.91 Å². The van der Waals surface area contributed by atoms with Crippen LogP contribution in [0.3, 0.4) is 0 Å². The van der Waals surface area contributed by atoms with E-state index in [4.69, 9.17) is 0 Å². The Morgan fingerprint density at radius 2 is 1.79 bits per heavy atom. The third kappa shape index (κ3) is 4.13. The summed E-state index contributed by atoms with van der Waals surface area (Å²) in [5.41, 5.74) is 0.464. The highest BCUT2D eigenvalue weighted by atomic mass is 19.1. The van der Waals surface area contributed by atoms with Gasteiger partial charge in [-0.05, 0) is 55.9 Å². The van der Waals surface area contributed by atoms with Crippen molar-refractivity contribution in [2.45, 2.75) is 38.5 Å². The number of rotatable bonds is 4. The molecule has 130 valence electrons. The lowest BCUT2D eigenvalue weighted by Crippen LogP contribution is -2.45. The van der Waals surface area contributed by atoms with Gasteiger partial charge in [-0.1, -0.05) is 12.8 Å². The van der Waals surface area contributed by atoms with Crippen molar-refractivity contribution in [1.29, 1.82) is 0 Å².